The molecule has 3 aromatic rings. The molecule has 0 aliphatic carbocycles. The molecule has 3 heterocycles. The van der Waals surface area contributed by atoms with Gasteiger partial charge < -0.3 is 38.5 Å². The van der Waals surface area contributed by atoms with Crippen molar-refractivity contribution in [3.05, 3.63) is 41.7 Å². The van der Waals surface area contributed by atoms with Crippen LogP contribution >= 0.6 is 0 Å². The van der Waals surface area contributed by atoms with Gasteiger partial charge in [-0.1, -0.05) is 37.0 Å². The maximum Gasteiger partial charge on any atom is 0.291 e. The van der Waals surface area contributed by atoms with Gasteiger partial charge in [0.1, 0.15) is 5.75 Å². The number of morpholine rings is 1. The number of methoxy groups -OCH3 is 2. The van der Waals surface area contributed by atoms with E-state index in [4.69, 9.17) is 23.4 Å². The predicted octanol–water partition coefficient (Wildman–Crippen LogP) is 3.75. The van der Waals surface area contributed by atoms with Crippen molar-refractivity contribution in [2.45, 2.75) is 32.7 Å². The Balaban J connectivity index is 1.52. The minimum Gasteiger partial charge on any atom is -0.479 e. The summed E-state index contributed by atoms with van der Waals surface area (Å²) in [7, 11) is 5.44. The molecule has 0 spiro atoms. The van der Waals surface area contributed by atoms with Crippen molar-refractivity contribution in [3.8, 4) is 23.5 Å². The molecule has 1 fully saturated rings. The van der Waals surface area contributed by atoms with Crippen molar-refractivity contribution in [2.24, 2.45) is 0 Å². The molecular formula is C28H39N5O6Si. The lowest BCUT2D eigenvalue weighted by Gasteiger charge is -2.34. The van der Waals surface area contributed by atoms with E-state index >= 15 is 0 Å². The van der Waals surface area contributed by atoms with Crippen LogP contribution in [-0.4, -0.2) is 89.5 Å². The first-order valence-electron chi connectivity index (χ1n) is 13.2. The van der Waals surface area contributed by atoms with Crippen molar-refractivity contribution in [3.63, 3.8) is 0 Å². The Hall–Kier alpha value is -3.61. The molecule has 0 saturated carbocycles. The normalized spacial score (nSPS) is 15.7. The Bertz CT molecular complexity index is 1310. The van der Waals surface area contributed by atoms with Crippen LogP contribution in [0.4, 0.5) is 11.6 Å². The number of aromatic nitrogens is 2. The molecule has 0 bridgehead atoms. The van der Waals surface area contributed by atoms with Crippen LogP contribution in [-0.2, 0) is 4.74 Å². The van der Waals surface area contributed by atoms with Gasteiger partial charge in [-0.25, -0.2) is 0 Å². The number of nitrogens with one attached hydrogen (secondary N) is 1. The van der Waals surface area contributed by atoms with Gasteiger partial charge in [-0.15, -0.1) is 0 Å². The van der Waals surface area contributed by atoms with Crippen LogP contribution in [0.3, 0.4) is 0 Å². The van der Waals surface area contributed by atoms with E-state index < -0.39 is 14.0 Å². The molecule has 4 rings (SSSR count). The molecule has 216 valence electrons. The number of benzene rings is 1. The van der Waals surface area contributed by atoms with E-state index in [9.17, 15) is 4.79 Å². The Morgan fingerprint density at radius 1 is 1.12 bits per heavy atom. The van der Waals surface area contributed by atoms with Crippen LogP contribution in [0, 0.1) is 6.92 Å². The fourth-order valence-corrected chi connectivity index (χ4v) is 5.48. The Morgan fingerprint density at radius 3 is 2.45 bits per heavy atom. The number of carbonyl (C=O) groups excluding carboxylic acids is 1. The number of hydrogen-bond donors (Lipinski definition) is 1. The molecule has 1 amide bonds. The quantitative estimate of drug-likeness (QED) is 0.362. The lowest BCUT2D eigenvalue weighted by Crippen LogP contribution is -2.47. The number of amides is 1. The van der Waals surface area contributed by atoms with Crippen LogP contribution in [0.2, 0.25) is 19.6 Å². The highest BCUT2D eigenvalue weighted by Gasteiger charge is 2.27. The van der Waals surface area contributed by atoms with Crippen molar-refractivity contribution in [1.82, 2.24) is 14.9 Å². The Kier molecular flexibility index (Phi) is 9.01. The summed E-state index contributed by atoms with van der Waals surface area (Å²) in [6.07, 6.45) is 0.0147. The summed E-state index contributed by atoms with van der Waals surface area (Å²) in [5, 5.41) is 4.04. The standard InChI is InChI=1S/C28H39N5O6Si/c1-18-9-10-20(40(6,7)8)15-22(18)39-23-12-11-21(38-23)25(34)29-24-26(35-4)30-28(31-27(24)36-5)33-13-14-37-19(17-33)16-32(2)3/h9-12,15,19H,13-14,16-17H2,1-8H3,(H,29,34). The van der Waals surface area contributed by atoms with Crippen molar-refractivity contribution >= 4 is 30.8 Å². The zero-order valence-electron chi connectivity index (χ0n) is 24.5. The summed E-state index contributed by atoms with van der Waals surface area (Å²) in [6.45, 7) is 11.4. The highest BCUT2D eigenvalue weighted by molar-refractivity contribution is 6.88. The van der Waals surface area contributed by atoms with Gasteiger partial charge in [0.15, 0.2) is 11.4 Å². The highest BCUT2D eigenvalue weighted by atomic mass is 28.3. The maximum absolute atomic E-state index is 13.1. The first-order valence-corrected chi connectivity index (χ1v) is 16.7. The summed E-state index contributed by atoms with van der Waals surface area (Å²) in [5.41, 5.74) is 1.18. The fraction of sp³-hybridized carbons (Fsp3) is 0.464. The average Bonchev–Trinajstić information content (AvgIpc) is 3.37. The van der Waals surface area contributed by atoms with Gasteiger partial charge in [-0.05, 0) is 38.7 Å². The number of hydrogen-bond acceptors (Lipinski definition) is 10. The minimum atomic E-state index is -1.53. The molecule has 1 saturated heterocycles. The number of anilines is 2. The van der Waals surface area contributed by atoms with E-state index in [-0.39, 0.29) is 35.3 Å². The second kappa shape index (κ2) is 12.3. The molecule has 0 radical (unpaired) electrons. The summed E-state index contributed by atoms with van der Waals surface area (Å²) < 4.78 is 28.7. The first-order chi connectivity index (χ1) is 19.0. The Labute approximate surface area is 236 Å². The maximum atomic E-state index is 13.1. The number of carbonyl (C=O) groups is 1. The second-order valence-corrected chi connectivity index (χ2v) is 16.1. The van der Waals surface area contributed by atoms with E-state index in [0.29, 0.717) is 31.4 Å². The fourth-order valence-electron chi connectivity index (χ4n) is 4.33. The molecule has 1 N–H and O–H groups in total. The number of nitrogens with zero attached hydrogens (tertiary/aromatic N) is 4. The van der Waals surface area contributed by atoms with Gasteiger partial charge in [0.2, 0.25) is 17.7 Å². The summed E-state index contributed by atoms with van der Waals surface area (Å²) >= 11 is 0. The van der Waals surface area contributed by atoms with Crippen molar-refractivity contribution in [2.75, 3.05) is 64.8 Å². The van der Waals surface area contributed by atoms with Gasteiger partial charge in [0.25, 0.3) is 11.9 Å². The summed E-state index contributed by atoms with van der Waals surface area (Å²) in [6, 6.07) is 9.41. The van der Waals surface area contributed by atoms with E-state index in [1.165, 1.54) is 19.4 Å². The third-order valence-corrected chi connectivity index (χ3v) is 8.56. The Morgan fingerprint density at radius 2 is 1.82 bits per heavy atom. The average molecular weight is 570 g/mol. The third-order valence-electron chi connectivity index (χ3n) is 6.52. The first kappa shape index (κ1) is 29.4. The molecule has 12 heteroatoms. The van der Waals surface area contributed by atoms with E-state index in [1.54, 1.807) is 12.1 Å². The van der Waals surface area contributed by atoms with Gasteiger partial charge in [-0.3, -0.25) is 4.79 Å². The second-order valence-electron chi connectivity index (χ2n) is 11.0. The van der Waals surface area contributed by atoms with Crippen molar-refractivity contribution in [1.29, 1.82) is 0 Å². The number of ether oxygens (including phenoxy) is 4. The van der Waals surface area contributed by atoms with E-state index in [1.807, 2.05) is 32.0 Å². The van der Waals surface area contributed by atoms with Gasteiger partial charge >= 0.3 is 0 Å². The van der Waals surface area contributed by atoms with Gasteiger partial charge in [0.05, 0.1) is 35.0 Å². The molecular weight excluding hydrogens is 530 g/mol. The van der Waals surface area contributed by atoms with Crippen LogP contribution in [0.5, 0.6) is 23.5 Å². The van der Waals surface area contributed by atoms with Crippen molar-refractivity contribution < 1.29 is 28.2 Å². The van der Waals surface area contributed by atoms with Crippen LogP contribution in [0.25, 0.3) is 0 Å². The lowest BCUT2D eigenvalue weighted by atomic mass is 10.2. The van der Waals surface area contributed by atoms with E-state index in [0.717, 1.165) is 12.1 Å². The third kappa shape index (κ3) is 6.93. The number of furan rings is 1. The lowest BCUT2D eigenvalue weighted by molar-refractivity contribution is 0.0242. The zero-order valence-corrected chi connectivity index (χ0v) is 25.5. The summed E-state index contributed by atoms with van der Waals surface area (Å²) in [5.74, 6) is 1.23. The highest BCUT2D eigenvalue weighted by Crippen LogP contribution is 2.35. The molecule has 40 heavy (non-hydrogen) atoms. The molecule has 1 unspecified atom stereocenters. The molecule has 1 aliphatic rings. The summed E-state index contributed by atoms with van der Waals surface area (Å²) in [4.78, 5) is 26.4. The molecule has 1 aliphatic heterocycles. The van der Waals surface area contributed by atoms with Gasteiger partial charge in [-0.2, -0.15) is 9.97 Å². The topological polar surface area (TPSA) is 111 Å². The smallest absolute Gasteiger partial charge is 0.291 e. The minimum absolute atomic E-state index is 0.0147. The van der Waals surface area contributed by atoms with Crippen LogP contribution in [0.15, 0.2) is 34.7 Å². The predicted molar refractivity (Wildman–Crippen MR) is 157 cm³/mol. The zero-order chi connectivity index (χ0) is 29.0. The monoisotopic (exact) mass is 569 g/mol. The molecule has 2 aromatic heterocycles. The number of aryl methyl sites for hydroxylation is 1. The largest absolute Gasteiger partial charge is 0.479 e. The SMILES string of the molecule is COc1nc(N2CCOC(CN(C)C)C2)nc(OC)c1NC(=O)c1ccc(Oc2cc([Si](C)(C)C)ccc2C)o1. The van der Waals surface area contributed by atoms with Crippen LogP contribution in [0.1, 0.15) is 16.1 Å². The van der Waals surface area contributed by atoms with E-state index in [2.05, 4.69) is 52.0 Å². The molecule has 11 nitrogen and oxygen atoms in total. The molecule has 1 aromatic carbocycles. The van der Waals surface area contributed by atoms with Gasteiger partial charge in [0, 0.05) is 25.7 Å². The van der Waals surface area contributed by atoms with Crippen LogP contribution < -0.4 is 29.6 Å². The number of rotatable bonds is 10. The molecule has 1 atom stereocenters. The number of likely N-dealkylation sites (N-methyl/N-ethyl adjacent to an activating group) is 1.